The Balaban J connectivity index is 1.94. The van der Waals surface area contributed by atoms with Gasteiger partial charge >= 0.3 is 0 Å². The Morgan fingerprint density at radius 2 is 1.82 bits per heavy atom. The van der Waals surface area contributed by atoms with E-state index >= 15 is 0 Å². The van der Waals surface area contributed by atoms with Crippen LogP contribution >= 0.6 is 28.1 Å². The SMILES string of the molecule is CCCCc1ccc(NC(=S)Nc2ccc(Br)cc2C)cc1. The third kappa shape index (κ3) is 5.11. The number of nitrogens with one attached hydrogen (secondary N) is 2. The van der Waals surface area contributed by atoms with E-state index in [9.17, 15) is 0 Å². The van der Waals surface area contributed by atoms with E-state index in [1.54, 1.807) is 0 Å². The van der Waals surface area contributed by atoms with Crippen LogP contribution in [0.2, 0.25) is 0 Å². The van der Waals surface area contributed by atoms with E-state index in [4.69, 9.17) is 12.2 Å². The van der Waals surface area contributed by atoms with E-state index in [-0.39, 0.29) is 0 Å². The van der Waals surface area contributed by atoms with E-state index < -0.39 is 0 Å². The molecule has 0 unspecified atom stereocenters. The monoisotopic (exact) mass is 376 g/mol. The second-order valence-electron chi connectivity index (χ2n) is 5.34. The Bertz CT molecular complexity index is 638. The van der Waals surface area contributed by atoms with Gasteiger partial charge in [0.05, 0.1) is 0 Å². The number of anilines is 2. The highest BCUT2D eigenvalue weighted by Gasteiger charge is 2.02. The molecule has 22 heavy (non-hydrogen) atoms. The van der Waals surface area contributed by atoms with Crippen LogP contribution in [0, 0.1) is 6.92 Å². The maximum absolute atomic E-state index is 5.38. The van der Waals surface area contributed by atoms with Crippen molar-refractivity contribution in [2.75, 3.05) is 10.6 Å². The van der Waals surface area contributed by atoms with Crippen molar-refractivity contribution >= 4 is 44.6 Å². The Labute approximate surface area is 146 Å². The molecule has 0 saturated carbocycles. The molecule has 0 spiro atoms. The second-order valence-corrected chi connectivity index (χ2v) is 6.66. The van der Waals surface area contributed by atoms with Gasteiger partial charge in [0.2, 0.25) is 0 Å². The molecule has 4 heteroatoms. The van der Waals surface area contributed by atoms with Gasteiger partial charge < -0.3 is 10.6 Å². The van der Waals surface area contributed by atoms with Crippen LogP contribution in [0.25, 0.3) is 0 Å². The molecule has 2 aromatic carbocycles. The minimum Gasteiger partial charge on any atom is -0.332 e. The molecule has 0 bridgehead atoms. The standard InChI is InChI=1S/C18H21BrN2S/c1-3-4-5-14-6-9-16(10-7-14)20-18(22)21-17-11-8-15(19)12-13(17)2/h6-12H,3-5H2,1-2H3,(H2,20,21,22). The molecule has 0 aliphatic carbocycles. The average molecular weight is 377 g/mol. The number of unbranched alkanes of at least 4 members (excludes halogenated alkanes) is 1. The molecule has 0 aliphatic rings. The predicted molar refractivity (Wildman–Crippen MR) is 104 cm³/mol. The van der Waals surface area contributed by atoms with Crippen LogP contribution in [-0.4, -0.2) is 5.11 Å². The summed E-state index contributed by atoms with van der Waals surface area (Å²) in [6, 6.07) is 14.5. The normalized spacial score (nSPS) is 10.3. The zero-order valence-electron chi connectivity index (χ0n) is 12.9. The first-order valence-electron chi connectivity index (χ1n) is 7.51. The molecule has 0 aromatic heterocycles. The number of hydrogen-bond acceptors (Lipinski definition) is 1. The quantitative estimate of drug-likeness (QED) is 0.634. The molecule has 0 heterocycles. The molecular formula is C18H21BrN2S. The van der Waals surface area contributed by atoms with Crippen molar-refractivity contribution in [1.82, 2.24) is 0 Å². The van der Waals surface area contributed by atoms with Crippen LogP contribution in [0.3, 0.4) is 0 Å². The van der Waals surface area contributed by atoms with Gasteiger partial charge in [0.25, 0.3) is 0 Å². The maximum atomic E-state index is 5.38. The van der Waals surface area contributed by atoms with Crippen LogP contribution in [0.15, 0.2) is 46.9 Å². The highest BCUT2D eigenvalue weighted by molar-refractivity contribution is 9.10. The lowest BCUT2D eigenvalue weighted by Crippen LogP contribution is -2.19. The number of rotatable bonds is 5. The fraction of sp³-hybridized carbons (Fsp3) is 0.278. The molecule has 0 amide bonds. The Kier molecular flexibility index (Phi) is 6.40. The molecule has 2 nitrogen and oxygen atoms in total. The molecular weight excluding hydrogens is 356 g/mol. The molecule has 0 radical (unpaired) electrons. The Hall–Kier alpha value is -1.39. The third-order valence-electron chi connectivity index (χ3n) is 3.47. The van der Waals surface area contributed by atoms with Gasteiger partial charge in [-0.15, -0.1) is 0 Å². The summed E-state index contributed by atoms with van der Waals surface area (Å²) in [5.41, 5.74) is 4.54. The molecule has 116 valence electrons. The van der Waals surface area contributed by atoms with E-state index in [1.807, 2.05) is 12.1 Å². The summed E-state index contributed by atoms with van der Waals surface area (Å²) >= 11 is 8.84. The summed E-state index contributed by atoms with van der Waals surface area (Å²) in [5, 5.41) is 7.06. The largest absolute Gasteiger partial charge is 0.332 e. The molecule has 0 atom stereocenters. The zero-order chi connectivity index (χ0) is 15.9. The van der Waals surface area contributed by atoms with E-state index in [2.05, 4.69) is 70.7 Å². The van der Waals surface area contributed by atoms with Gasteiger partial charge in [0.15, 0.2) is 5.11 Å². The number of thiocarbonyl (C=S) groups is 1. The fourth-order valence-electron chi connectivity index (χ4n) is 2.19. The van der Waals surface area contributed by atoms with Crippen molar-refractivity contribution in [1.29, 1.82) is 0 Å². The third-order valence-corrected chi connectivity index (χ3v) is 4.16. The van der Waals surface area contributed by atoms with E-state index in [0.717, 1.165) is 27.8 Å². The van der Waals surface area contributed by atoms with Crippen molar-refractivity contribution < 1.29 is 0 Å². The summed E-state index contributed by atoms with van der Waals surface area (Å²) in [7, 11) is 0. The first-order chi connectivity index (χ1) is 10.6. The fourth-order valence-corrected chi connectivity index (χ4v) is 2.89. The van der Waals surface area contributed by atoms with Crippen molar-refractivity contribution in [3.05, 3.63) is 58.1 Å². The molecule has 2 rings (SSSR count). The van der Waals surface area contributed by atoms with Crippen LogP contribution in [0.5, 0.6) is 0 Å². The molecule has 0 aliphatic heterocycles. The second kappa shape index (κ2) is 8.30. The van der Waals surface area contributed by atoms with Crippen molar-refractivity contribution in [3.63, 3.8) is 0 Å². The number of halogens is 1. The molecule has 2 aromatic rings. The minimum atomic E-state index is 0.603. The van der Waals surface area contributed by atoms with Gasteiger partial charge in [-0.1, -0.05) is 41.4 Å². The van der Waals surface area contributed by atoms with Crippen LogP contribution in [0.4, 0.5) is 11.4 Å². The highest BCUT2D eigenvalue weighted by Crippen LogP contribution is 2.20. The lowest BCUT2D eigenvalue weighted by molar-refractivity contribution is 0.795. The lowest BCUT2D eigenvalue weighted by atomic mass is 10.1. The molecule has 0 fully saturated rings. The number of aryl methyl sites for hydroxylation is 2. The van der Waals surface area contributed by atoms with Crippen LogP contribution < -0.4 is 10.6 Å². The topological polar surface area (TPSA) is 24.1 Å². The minimum absolute atomic E-state index is 0.603. The average Bonchev–Trinajstić information content (AvgIpc) is 2.49. The van der Waals surface area contributed by atoms with Gasteiger partial charge in [-0.2, -0.15) is 0 Å². The Morgan fingerprint density at radius 3 is 2.45 bits per heavy atom. The molecule has 0 saturated heterocycles. The summed E-state index contributed by atoms with van der Waals surface area (Å²) in [6.45, 7) is 4.27. The van der Waals surface area contributed by atoms with E-state index in [0.29, 0.717) is 5.11 Å². The smallest absolute Gasteiger partial charge is 0.175 e. The van der Waals surface area contributed by atoms with E-state index in [1.165, 1.54) is 18.4 Å². The highest BCUT2D eigenvalue weighted by atomic mass is 79.9. The first-order valence-corrected chi connectivity index (χ1v) is 8.71. The van der Waals surface area contributed by atoms with Gasteiger partial charge in [0.1, 0.15) is 0 Å². The van der Waals surface area contributed by atoms with Crippen LogP contribution in [-0.2, 0) is 6.42 Å². The zero-order valence-corrected chi connectivity index (χ0v) is 15.4. The number of hydrogen-bond donors (Lipinski definition) is 2. The first kappa shape index (κ1) is 17.0. The maximum Gasteiger partial charge on any atom is 0.175 e. The van der Waals surface area contributed by atoms with Crippen molar-refractivity contribution in [2.45, 2.75) is 33.1 Å². The predicted octanol–water partition coefficient (Wildman–Crippen LogP) is 5.91. The number of benzene rings is 2. The van der Waals surface area contributed by atoms with Gasteiger partial charge in [-0.25, -0.2) is 0 Å². The van der Waals surface area contributed by atoms with Gasteiger partial charge in [-0.05, 0) is 73.4 Å². The summed E-state index contributed by atoms with van der Waals surface area (Å²) < 4.78 is 1.07. The summed E-state index contributed by atoms with van der Waals surface area (Å²) in [4.78, 5) is 0. The van der Waals surface area contributed by atoms with Crippen molar-refractivity contribution in [2.24, 2.45) is 0 Å². The summed E-state index contributed by atoms with van der Waals surface area (Å²) in [6.07, 6.45) is 3.59. The van der Waals surface area contributed by atoms with Crippen LogP contribution in [0.1, 0.15) is 30.9 Å². The summed E-state index contributed by atoms with van der Waals surface area (Å²) in [5.74, 6) is 0. The Morgan fingerprint density at radius 1 is 1.09 bits per heavy atom. The lowest BCUT2D eigenvalue weighted by Gasteiger charge is -2.13. The molecule has 2 N–H and O–H groups in total. The van der Waals surface area contributed by atoms with Gasteiger partial charge in [0, 0.05) is 15.8 Å². The van der Waals surface area contributed by atoms with Crippen molar-refractivity contribution in [3.8, 4) is 0 Å². The van der Waals surface area contributed by atoms with Gasteiger partial charge in [-0.3, -0.25) is 0 Å².